The lowest BCUT2D eigenvalue weighted by Crippen LogP contribution is -2.36. The third-order valence-corrected chi connectivity index (χ3v) is 4.64. The van der Waals surface area contributed by atoms with Crippen LogP contribution >= 0.6 is 0 Å². The molecule has 0 bridgehead atoms. The third kappa shape index (κ3) is 1.99. The Bertz CT molecular complexity index is 904. The van der Waals surface area contributed by atoms with E-state index in [-0.39, 0.29) is 17.8 Å². The Labute approximate surface area is 133 Å². The zero-order valence-electron chi connectivity index (χ0n) is 13.4. The third-order valence-electron chi connectivity index (χ3n) is 4.64. The highest BCUT2D eigenvalue weighted by atomic mass is 16.5. The van der Waals surface area contributed by atoms with Crippen LogP contribution in [0.3, 0.4) is 0 Å². The zero-order valence-corrected chi connectivity index (χ0v) is 13.4. The van der Waals surface area contributed by atoms with Crippen LogP contribution in [-0.2, 0) is 12.8 Å². The molecule has 0 N–H and O–H groups in total. The second-order valence-electron chi connectivity index (χ2n) is 6.82. The summed E-state index contributed by atoms with van der Waals surface area (Å²) in [5, 5.41) is 0.745. The standard InChI is InChI=1S/C18H18O5/c1-18(2)8-11(19)15-13(23-18)7-12(21-3)14-9-5-4-6-10(9)17(20)22-16(14)15/h7H,4-6,8H2,1-3H3. The minimum Gasteiger partial charge on any atom is -0.496 e. The number of Topliss-reactive ketones (excluding diaryl/α,β-unsaturated/α-hetero) is 1. The first-order valence-electron chi connectivity index (χ1n) is 7.83. The molecule has 1 aliphatic heterocycles. The molecule has 0 unspecified atom stereocenters. The topological polar surface area (TPSA) is 65.7 Å². The Kier molecular flexibility index (Phi) is 2.86. The van der Waals surface area contributed by atoms with Gasteiger partial charge in [0.25, 0.3) is 0 Å². The molecule has 1 aromatic heterocycles. The van der Waals surface area contributed by atoms with Crippen LogP contribution in [0.4, 0.5) is 0 Å². The lowest BCUT2D eigenvalue weighted by molar-refractivity contribution is 0.0620. The maximum Gasteiger partial charge on any atom is 0.339 e. The fourth-order valence-electron chi connectivity index (χ4n) is 3.71. The normalized spacial score (nSPS) is 18.5. The molecule has 0 saturated carbocycles. The van der Waals surface area contributed by atoms with Crippen molar-refractivity contribution in [2.75, 3.05) is 7.11 Å². The number of methoxy groups -OCH3 is 1. The number of hydrogen-bond acceptors (Lipinski definition) is 5. The van der Waals surface area contributed by atoms with Crippen molar-refractivity contribution in [2.45, 2.75) is 45.1 Å². The van der Waals surface area contributed by atoms with Crippen molar-refractivity contribution < 1.29 is 18.7 Å². The van der Waals surface area contributed by atoms with E-state index in [0.717, 1.165) is 23.8 Å². The molecule has 1 aliphatic carbocycles. The average molecular weight is 314 g/mol. The Balaban J connectivity index is 2.14. The van der Waals surface area contributed by atoms with Crippen molar-refractivity contribution in [3.63, 3.8) is 0 Å². The fraction of sp³-hybridized carbons (Fsp3) is 0.444. The lowest BCUT2D eigenvalue weighted by atomic mass is 9.90. The van der Waals surface area contributed by atoms with Gasteiger partial charge in [-0.25, -0.2) is 4.79 Å². The van der Waals surface area contributed by atoms with Crippen molar-refractivity contribution in [3.8, 4) is 11.5 Å². The molecule has 5 nitrogen and oxygen atoms in total. The maximum atomic E-state index is 12.6. The minimum absolute atomic E-state index is 0.0648. The van der Waals surface area contributed by atoms with Crippen LogP contribution in [0.1, 0.15) is 48.2 Å². The first kappa shape index (κ1) is 14.3. The van der Waals surface area contributed by atoms with Crippen molar-refractivity contribution in [2.24, 2.45) is 0 Å². The number of rotatable bonds is 1. The molecule has 23 heavy (non-hydrogen) atoms. The van der Waals surface area contributed by atoms with E-state index in [1.54, 1.807) is 13.2 Å². The minimum atomic E-state index is -0.584. The molecule has 120 valence electrons. The van der Waals surface area contributed by atoms with Crippen LogP contribution in [-0.4, -0.2) is 18.5 Å². The van der Waals surface area contributed by atoms with Gasteiger partial charge in [0.15, 0.2) is 11.4 Å². The van der Waals surface area contributed by atoms with E-state index in [0.29, 0.717) is 34.6 Å². The molecule has 0 atom stereocenters. The number of ketones is 1. The van der Waals surface area contributed by atoms with E-state index < -0.39 is 5.60 Å². The van der Waals surface area contributed by atoms with Gasteiger partial charge in [0.05, 0.1) is 18.9 Å². The van der Waals surface area contributed by atoms with Gasteiger partial charge in [-0.3, -0.25) is 4.79 Å². The predicted octanol–water partition coefficient (Wildman–Crippen LogP) is 3.03. The molecule has 0 radical (unpaired) electrons. The SMILES string of the molecule is COc1cc2c(c3oc(=O)c4c(c13)CCC4)C(=O)CC(C)(C)O2. The number of aryl methyl sites for hydroxylation is 1. The number of ether oxygens (including phenoxy) is 2. The van der Waals surface area contributed by atoms with E-state index in [1.807, 2.05) is 13.8 Å². The van der Waals surface area contributed by atoms with Crippen LogP contribution in [0.25, 0.3) is 11.0 Å². The largest absolute Gasteiger partial charge is 0.496 e. The van der Waals surface area contributed by atoms with Gasteiger partial charge in [-0.05, 0) is 38.7 Å². The molecule has 2 heterocycles. The van der Waals surface area contributed by atoms with E-state index >= 15 is 0 Å². The molecule has 4 rings (SSSR count). The molecule has 0 amide bonds. The maximum absolute atomic E-state index is 12.6. The van der Waals surface area contributed by atoms with Gasteiger partial charge in [0.1, 0.15) is 22.7 Å². The van der Waals surface area contributed by atoms with Crippen LogP contribution in [0.2, 0.25) is 0 Å². The van der Waals surface area contributed by atoms with E-state index in [1.165, 1.54) is 0 Å². The van der Waals surface area contributed by atoms with Gasteiger partial charge in [-0.2, -0.15) is 0 Å². The predicted molar refractivity (Wildman–Crippen MR) is 84.7 cm³/mol. The summed E-state index contributed by atoms with van der Waals surface area (Å²) in [6.45, 7) is 3.73. The second kappa shape index (κ2) is 4.60. The Morgan fingerprint density at radius 2 is 1.91 bits per heavy atom. The van der Waals surface area contributed by atoms with Gasteiger partial charge in [0.2, 0.25) is 0 Å². The molecule has 5 heteroatoms. The zero-order chi connectivity index (χ0) is 16.4. The van der Waals surface area contributed by atoms with Crippen molar-refractivity contribution >= 4 is 16.8 Å². The number of carbonyl (C=O) groups excluding carboxylic acids is 1. The van der Waals surface area contributed by atoms with E-state index in [9.17, 15) is 9.59 Å². The van der Waals surface area contributed by atoms with Gasteiger partial charge in [-0.1, -0.05) is 0 Å². The highest BCUT2D eigenvalue weighted by molar-refractivity contribution is 6.11. The summed E-state index contributed by atoms with van der Waals surface area (Å²) in [6.07, 6.45) is 2.68. The summed E-state index contributed by atoms with van der Waals surface area (Å²) in [5.41, 5.74) is 1.41. The van der Waals surface area contributed by atoms with Crippen molar-refractivity contribution in [3.05, 3.63) is 33.2 Å². The second-order valence-corrected chi connectivity index (χ2v) is 6.82. The molecule has 1 aromatic carbocycles. The van der Waals surface area contributed by atoms with Crippen LogP contribution in [0.5, 0.6) is 11.5 Å². The molecular formula is C18H18O5. The summed E-state index contributed by atoms with van der Waals surface area (Å²) < 4.78 is 17.0. The summed E-state index contributed by atoms with van der Waals surface area (Å²) in [7, 11) is 1.57. The van der Waals surface area contributed by atoms with E-state index in [4.69, 9.17) is 13.9 Å². The number of hydrogen-bond donors (Lipinski definition) is 0. The number of fused-ring (bicyclic) bond motifs is 5. The van der Waals surface area contributed by atoms with Crippen LogP contribution in [0.15, 0.2) is 15.3 Å². The molecular weight excluding hydrogens is 296 g/mol. The first-order chi connectivity index (χ1) is 10.9. The van der Waals surface area contributed by atoms with Crippen LogP contribution < -0.4 is 15.1 Å². The summed E-state index contributed by atoms with van der Waals surface area (Å²) in [5.74, 6) is 0.952. The quantitative estimate of drug-likeness (QED) is 0.757. The average Bonchev–Trinajstić information content (AvgIpc) is 2.94. The summed E-state index contributed by atoms with van der Waals surface area (Å²) >= 11 is 0. The Morgan fingerprint density at radius 1 is 1.17 bits per heavy atom. The first-order valence-corrected chi connectivity index (χ1v) is 7.83. The molecule has 2 aliphatic rings. The Hall–Kier alpha value is -2.30. The molecule has 0 fully saturated rings. The number of carbonyl (C=O) groups is 1. The van der Waals surface area contributed by atoms with Gasteiger partial charge in [-0.15, -0.1) is 0 Å². The van der Waals surface area contributed by atoms with Crippen molar-refractivity contribution in [1.29, 1.82) is 0 Å². The molecule has 2 aromatic rings. The monoisotopic (exact) mass is 314 g/mol. The summed E-state index contributed by atoms with van der Waals surface area (Å²) in [6, 6.07) is 1.75. The molecule has 0 saturated heterocycles. The summed E-state index contributed by atoms with van der Waals surface area (Å²) in [4.78, 5) is 24.9. The molecule has 0 spiro atoms. The fourth-order valence-corrected chi connectivity index (χ4v) is 3.71. The Morgan fingerprint density at radius 3 is 2.65 bits per heavy atom. The highest BCUT2D eigenvalue weighted by Gasteiger charge is 2.37. The van der Waals surface area contributed by atoms with Gasteiger partial charge >= 0.3 is 5.63 Å². The highest BCUT2D eigenvalue weighted by Crippen LogP contribution is 2.44. The smallest absolute Gasteiger partial charge is 0.339 e. The van der Waals surface area contributed by atoms with Gasteiger partial charge < -0.3 is 13.9 Å². The van der Waals surface area contributed by atoms with Crippen LogP contribution in [0, 0.1) is 0 Å². The number of benzene rings is 1. The van der Waals surface area contributed by atoms with E-state index in [2.05, 4.69) is 0 Å². The van der Waals surface area contributed by atoms with Gasteiger partial charge in [0, 0.05) is 11.6 Å². The lowest BCUT2D eigenvalue weighted by Gasteiger charge is -2.32. The van der Waals surface area contributed by atoms with Crippen molar-refractivity contribution in [1.82, 2.24) is 0 Å².